The summed E-state index contributed by atoms with van der Waals surface area (Å²) in [6.45, 7) is -0.216. The summed E-state index contributed by atoms with van der Waals surface area (Å²) in [4.78, 5) is 18.6. The van der Waals surface area contributed by atoms with Crippen LogP contribution in [0.3, 0.4) is 0 Å². The number of aliphatic hydroxyl groups is 4. The fourth-order valence-electron chi connectivity index (χ4n) is 6.21. The molecule has 9 nitrogen and oxygen atoms in total. The molecule has 5 atom stereocenters. The number of carbonyl (C=O) groups excluding carboxylic acids is 1. The summed E-state index contributed by atoms with van der Waals surface area (Å²) in [7, 11) is 1.74. The lowest BCUT2D eigenvalue weighted by Crippen LogP contribution is -2.56. The van der Waals surface area contributed by atoms with Gasteiger partial charge in [-0.3, -0.25) is 4.79 Å². The molecule has 0 radical (unpaired) electrons. The van der Waals surface area contributed by atoms with Crippen molar-refractivity contribution in [3.63, 3.8) is 0 Å². The van der Waals surface area contributed by atoms with Crippen LogP contribution in [0.4, 0.5) is 0 Å². The topological polar surface area (TPSA) is 131 Å². The number of amides is 1. The molecule has 0 unspecified atom stereocenters. The van der Waals surface area contributed by atoms with Crippen molar-refractivity contribution in [2.45, 2.75) is 37.2 Å². The molecule has 0 aliphatic carbocycles. The molecule has 2 aliphatic rings. The third kappa shape index (κ3) is 2.98. The molecule has 2 aliphatic heterocycles. The summed E-state index contributed by atoms with van der Waals surface area (Å²) in [6.07, 6.45) is -7.00. The molecule has 5 N–H and O–H groups in total. The number of aromatic nitrogens is 2. The molecule has 0 spiro atoms. The number of para-hydroxylation sites is 2. The highest BCUT2D eigenvalue weighted by Gasteiger charge is 2.46. The molecule has 196 valence electrons. The van der Waals surface area contributed by atoms with E-state index in [1.165, 1.54) is 0 Å². The molecule has 3 aromatic carbocycles. The average molecular weight is 556 g/mol. The molecule has 2 aromatic heterocycles. The Bertz CT molecular complexity index is 1810. The zero-order chi connectivity index (χ0) is 26.6. The first kappa shape index (κ1) is 24.2. The first-order chi connectivity index (χ1) is 18.2. The van der Waals surface area contributed by atoms with Gasteiger partial charge in [-0.2, -0.15) is 0 Å². The fourth-order valence-corrected chi connectivity index (χ4v) is 6.70. The van der Waals surface area contributed by atoms with Crippen LogP contribution < -0.4 is 0 Å². The van der Waals surface area contributed by atoms with E-state index in [4.69, 9.17) is 27.9 Å². The van der Waals surface area contributed by atoms with Crippen LogP contribution in [0.15, 0.2) is 36.4 Å². The van der Waals surface area contributed by atoms with Gasteiger partial charge in [0.05, 0.1) is 44.3 Å². The normalized spacial score (nSPS) is 25.9. The number of nitrogens with one attached hydrogen (secondary N) is 1. The van der Waals surface area contributed by atoms with Crippen LogP contribution in [-0.4, -0.2) is 78.9 Å². The summed E-state index contributed by atoms with van der Waals surface area (Å²) in [5, 5.41) is 45.9. The highest BCUT2D eigenvalue weighted by molar-refractivity contribution is 6.40. The van der Waals surface area contributed by atoms with E-state index in [-0.39, 0.29) is 5.91 Å². The number of halogens is 2. The molecule has 5 aromatic rings. The molecule has 1 fully saturated rings. The molecule has 7 rings (SSSR count). The summed E-state index contributed by atoms with van der Waals surface area (Å²) >= 11 is 13.3. The number of nitrogens with zero attached hydrogens (tertiary/aromatic N) is 2. The molecular formula is C27H23Cl2N3O6. The third-order valence-electron chi connectivity index (χ3n) is 7.93. The predicted molar refractivity (Wildman–Crippen MR) is 144 cm³/mol. The van der Waals surface area contributed by atoms with E-state index < -0.39 is 37.3 Å². The average Bonchev–Trinajstić information content (AvgIpc) is 3.54. The van der Waals surface area contributed by atoms with Crippen LogP contribution in [0.1, 0.15) is 22.1 Å². The number of fused-ring (bicyclic) bond motifs is 10. The van der Waals surface area contributed by atoms with Gasteiger partial charge in [0, 0.05) is 35.1 Å². The van der Waals surface area contributed by atoms with E-state index in [0.29, 0.717) is 49.6 Å². The monoisotopic (exact) mass is 555 g/mol. The summed E-state index contributed by atoms with van der Waals surface area (Å²) in [6, 6.07) is 10.9. The quantitative estimate of drug-likeness (QED) is 0.227. The Morgan fingerprint density at radius 2 is 1.66 bits per heavy atom. The largest absolute Gasteiger partial charge is 0.394 e. The number of rotatable bonds is 2. The highest BCUT2D eigenvalue weighted by Crippen LogP contribution is 2.48. The van der Waals surface area contributed by atoms with E-state index in [1.54, 1.807) is 34.7 Å². The number of aromatic amines is 1. The lowest BCUT2D eigenvalue weighted by Gasteiger charge is -2.41. The number of ether oxygens (including phenoxy) is 1. The van der Waals surface area contributed by atoms with Gasteiger partial charge in [0.25, 0.3) is 5.91 Å². The lowest BCUT2D eigenvalue weighted by atomic mass is 9.96. The van der Waals surface area contributed by atoms with E-state index in [1.807, 2.05) is 18.2 Å². The van der Waals surface area contributed by atoms with Crippen LogP contribution in [0, 0.1) is 0 Å². The Labute approximate surface area is 225 Å². The van der Waals surface area contributed by atoms with Crippen molar-refractivity contribution >= 4 is 72.7 Å². The van der Waals surface area contributed by atoms with Gasteiger partial charge in [-0.1, -0.05) is 47.5 Å². The molecular weight excluding hydrogens is 533 g/mol. The Kier molecular flexibility index (Phi) is 5.28. The first-order valence-electron chi connectivity index (χ1n) is 12.2. The van der Waals surface area contributed by atoms with Gasteiger partial charge < -0.3 is 39.6 Å². The third-order valence-corrected chi connectivity index (χ3v) is 8.55. The van der Waals surface area contributed by atoms with Crippen LogP contribution >= 0.6 is 23.2 Å². The van der Waals surface area contributed by atoms with Crippen molar-refractivity contribution in [2.75, 3.05) is 13.7 Å². The van der Waals surface area contributed by atoms with Gasteiger partial charge in [-0.05, 0) is 17.7 Å². The van der Waals surface area contributed by atoms with Crippen LogP contribution in [0.2, 0.25) is 10.0 Å². The molecule has 0 saturated carbocycles. The van der Waals surface area contributed by atoms with Crippen molar-refractivity contribution in [1.29, 1.82) is 0 Å². The molecule has 4 heterocycles. The lowest BCUT2D eigenvalue weighted by molar-refractivity contribution is -0.249. The van der Waals surface area contributed by atoms with E-state index in [9.17, 15) is 25.2 Å². The number of hydrogen-bond donors (Lipinski definition) is 5. The van der Waals surface area contributed by atoms with Crippen molar-refractivity contribution in [1.82, 2.24) is 14.5 Å². The van der Waals surface area contributed by atoms with Crippen LogP contribution in [0.25, 0.3) is 43.6 Å². The number of H-pyrrole nitrogens is 1. The Morgan fingerprint density at radius 1 is 0.947 bits per heavy atom. The van der Waals surface area contributed by atoms with E-state index >= 15 is 0 Å². The molecule has 1 amide bonds. The molecule has 1 saturated heterocycles. The predicted octanol–water partition coefficient (Wildman–Crippen LogP) is 3.29. The zero-order valence-electron chi connectivity index (χ0n) is 20.0. The van der Waals surface area contributed by atoms with Gasteiger partial charge in [-0.25, -0.2) is 0 Å². The number of carbonyl (C=O) groups is 1. The Morgan fingerprint density at radius 3 is 2.39 bits per heavy atom. The minimum atomic E-state index is -1.59. The smallest absolute Gasteiger partial charge is 0.254 e. The second-order valence-corrected chi connectivity index (χ2v) is 10.8. The van der Waals surface area contributed by atoms with Gasteiger partial charge >= 0.3 is 0 Å². The maximum Gasteiger partial charge on any atom is 0.254 e. The zero-order valence-corrected chi connectivity index (χ0v) is 21.5. The minimum Gasteiger partial charge on any atom is -0.394 e. The number of hydrogen-bond acceptors (Lipinski definition) is 6. The minimum absolute atomic E-state index is 0.122. The summed E-state index contributed by atoms with van der Waals surface area (Å²) in [5.74, 6) is -0.122. The van der Waals surface area contributed by atoms with Crippen molar-refractivity contribution in [3.8, 4) is 0 Å². The second kappa shape index (κ2) is 8.30. The van der Waals surface area contributed by atoms with Crippen LogP contribution in [0.5, 0.6) is 0 Å². The van der Waals surface area contributed by atoms with E-state index in [0.717, 1.165) is 21.7 Å². The Hall–Kier alpha value is -2.89. The Balaban J connectivity index is 1.72. The number of aliphatic hydroxyl groups excluding tert-OH is 4. The molecule has 38 heavy (non-hydrogen) atoms. The van der Waals surface area contributed by atoms with Gasteiger partial charge in [0.1, 0.15) is 24.4 Å². The van der Waals surface area contributed by atoms with Crippen molar-refractivity contribution in [2.24, 2.45) is 0 Å². The standard InChI is InChI=1S/C27H23Cl2N3O6/c1-31-8-12-16-11-5-3-7-14(29)21(11)32(27-25(36)24(35)23(34)15(9-33)38-27)22(16)20-17(18(12)26(31)37)10-4-2-6-13(28)19(10)30-20/h2-7,15,23-25,27,30,33-36H,8-9H2,1H3/t15-,23-,24+,25-,27-/m1/s1. The summed E-state index contributed by atoms with van der Waals surface area (Å²) in [5.41, 5.74) is 3.73. The maximum absolute atomic E-state index is 13.5. The number of benzene rings is 3. The van der Waals surface area contributed by atoms with Gasteiger partial charge in [-0.15, -0.1) is 0 Å². The first-order valence-corrected chi connectivity index (χ1v) is 12.9. The molecule has 0 bridgehead atoms. The maximum atomic E-state index is 13.5. The van der Waals surface area contributed by atoms with E-state index in [2.05, 4.69) is 4.98 Å². The van der Waals surface area contributed by atoms with Crippen molar-refractivity contribution < 1.29 is 30.0 Å². The van der Waals surface area contributed by atoms with Crippen LogP contribution in [-0.2, 0) is 11.3 Å². The second-order valence-electron chi connectivity index (χ2n) is 10.0. The highest BCUT2D eigenvalue weighted by atomic mass is 35.5. The van der Waals surface area contributed by atoms with Gasteiger partial charge in [0.2, 0.25) is 0 Å². The van der Waals surface area contributed by atoms with Crippen molar-refractivity contribution in [3.05, 3.63) is 57.6 Å². The summed E-state index contributed by atoms with van der Waals surface area (Å²) < 4.78 is 7.73. The molecule has 11 heteroatoms. The van der Waals surface area contributed by atoms with Gasteiger partial charge in [0.15, 0.2) is 6.23 Å². The SMILES string of the molecule is CN1Cc2c(c3c4cccc(Cl)c4[nH]c3c3c2c2cccc(Cl)c2n3[C@@H]2O[C@H](CO)[C@@H](O)[C@H](O)[C@H]2O)C1=O. The fraction of sp³-hybridized carbons (Fsp3) is 0.296.